The molecule has 0 spiro atoms. The maximum Gasteiger partial charge on any atom is 0.190 e. The van der Waals surface area contributed by atoms with E-state index in [9.17, 15) is 0 Å². The highest BCUT2D eigenvalue weighted by Crippen LogP contribution is 2.21. The van der Waals surface area contributed by atoms with Crippen LogP contribution in [0.1, 0.15) is 10.4 Å². The zero-order chi connectivity index (χ0) is 16.5. The lowest BCUT2D eigenvalue weighted by molar-refractivity contribution is 0.414. The van der Waals surface area contributed by atoms with Crippen molar-refractivity contribution in [2.75, 3.05) is 27.2 Å². The Balaban J connectivity index is 1.68. The Morgan fingerprint density at radius 1 is 1.09 bits per heavy atom. The number of methoxy groups -OCH3 is 1. The first-order valence-electron chi connectivity index (χ1n) is 7.53. The van der Waals surface area contributed by atoms with Crippen molar-refractivity contribution in [3.8, 4) is 5.75 Å². The summed E-state index contributed by atoms with van der Waals surface area (Å²) < 4.78 is 5.99. The van der Waals surface area contributed by atoms with Crippen molar-refractivity contribution in [1.82, 2.24) is 10.6 Å². The Labute approximate surface area is 146 Å². The van der Waals surface area contributed by atoms with E-state index in [0.29, 0.717) is 0 Å². The number of hydrogen-bond donors (Lipinski definition) is 2. The highest BCUT2D eigenvalue weighted by atomic mass is 35.5. The predicted octanol–water partition coefficient (Wildman–Crippen LogP) is 3.36. The minimum Gasteiger partial charge on any atom is -0.497 e. The summed E-state index contributed by atoms with van der Waals surface area (Å²) in [5.74, 6) is 1.70. The van der Waals surface area contributed by atoms with E-state index in [2.05, 4.69) is 33.8 Å². The zero-order valence-corrected chi connectivity index (χ0v) is 15.0. The monoisotopic (exact) mass is 351 g/mol. The van der Waals surface area contributed by atoms with Gasteiger partial charge in [0.15, 0.2) is 5.96 Å². The summed E-state index contributed by atoms with van der Waals surface area (Å²) in [4.78, 5) is 5.51. The van der Waals surface area contributed by atoms with Gasteiger partial charge in [0.2, 0.25) is 0 Å². The quantitative estimate of drug-likeness (QED) is 0.594. The molecule has 0 amide bonds. The molecule has 0 unspecified atom stereocenters. The van der Waals surface area contributed by atoms with E-state index in [1.54, 1.807) is 25.5 Å². The Bertz CT molecular complexity index is 625. The number of ether oxygens (including phenoxy) is 1. The molecule has 4 nitrogen and oxygen atoms in total. The van der Waals surface area contributed by atoms with Gasteiger partial charge in [-0.15, -0.1) is 11.3 Å². The molecule has 0 fully saturated rings. The Hall–Kier alpha value is -1.72. The second kappa shape index (κ2) is 9.43. The maximum atomic E-state index is 5.93. The van der Waals surface area contributed by atoms with Gasteiger partial charge in [-0.25, -0.2) is 0 Å². The highest BCUT2D eigenvalue weighted by Gasteiger charge is 2.01. The van der Waals surface area contributed by atoms with Gasteiger partial charge in [0.25, 0.3) is 0 Å². The van der Waals surface area contributed by atoms with Crippen LogP contribution in [-0.4, -0.2) is 33.2 Å². The molecule has 0 atom stereocenters. The molecule has 0 radical (unpaired) electrons. The Morgan fingerprint density at radius 3 is 2.35 bits per heavy atom. The third kappa shape index (κ3) is 6.12. The molecule has 0 aliphatic carbocycles. The lowest BCUT2D eigenvalue weighted by atomic mass is 10.1. The molecule has 1 aromatic heterocycles. The molecule has 2 N–H and O–H groups in total. The van der Waals surface area contributed by atoms with Crippen LogP contribution < -0.4 is 15.4 Å². The van der Waals surface area contributed by atoms with E-state index in [4.69, 9.17) is 16.3 Å². The predicted molar refractivity (Wildman–Crippen MR) is 99.1 cm³/mol. The molecule has 1 heterocycles. The second-order valence-corrected chi connectivity index (χ2v) is 6.78. The molecule has 0 aliphatic heterocycles. The molecular formula is C17H22ClN3OS. The van der Waals surface area contributed by atoms with Crippen LogP contribution in [0.2, 0.25) is 4.34 Å². The maximum absolute atomic E-state index is 5.93. The lowest BCUT2D eigenvalue weighted by Crippen LogP contribution is -2.39. The van der Waals surface area contributed by atoms with Crippen molar-refractivity contribution in [3.05, 3.63) is 51.2 Å². The first-order chi connectivity index (χ1) is 11.2. The van der Waals surface area contributed by atoms with Crippen molar-refractivity contribution in [2.45, 2.75) is 12.8 Å². The van der Waals surface area contributed by atoms with Gasteiger partial charge in [-0.3, -0.25) is 4.99 Å². The van der Waals surface area contributed by atoms with E-state index in [0.717, 1.165) is 42.0 Å². The van der Waals surface area contributed by atoms with E-state index in [1.165, 1.54) is 10.4 Å². The molecule has 2 rings (SSSR count). The summed E-state index contributed by atoms with van der Waals surface area (Å²) in [6.07, 6.45) is 1.88. The summed E-state index contributed by atoms with van der Waals surface area (Å²) >= 11 is 7.55. The zero-order valence-electron chi connectivity index (χ0n) is 13.4. The van der Waals surface area contributed by atoms with Crippen LogP contribution in [0.4, 0.5) is 0 Å². The topological polar surface area (TPSA) is 45.7 Å². The van der Waals surface area contributed by atoms with Gasteiger partial charge in [-0.2, -0.15) is 0 Å². The summed E-state index contributed by atoms with van der Waals surface area (Å²) in [6, 6.07) is 12.1. The molecule has 0 aliphatic rings. The molecule has 0 bridgehead atoms. The van der Waals surface area contributed by atoms with Crippen LogP contribution in [-0.2, 0) is 12.8 Å². The minimum atomic E-state index is 0.821. The fourth-order valence-corrected chi connectivity index (χ4v) is 3.22. The average molecular weight is 352 g/mol. The average Bonchev–Trinajstić information content (AvgIpc) is 2.99. The first-order valence-corrected chi connectivity index (χ1v) is 8.72. The second-order valence-electron chi connectivity index (χ2n) is 4.98. The fourth-order valence-electron chi connectivity index (χ4n) is 2.13. The number of guanidine groups is 1. The third-order valence-corrected chi connectivity index (χ3v) is 4.67. The van der Waals surface area contributed by atoms with Crippen LogP contribution in [0.25, 0.3) is 0 Å². The van der Waals surface area contributed by atoms with Crippen molar-refractivity contribution in [3.63, 3.8) is 0 Å². The smallest absolute Gasteiger partial charge is 0.190 e. The summed E-state index contributed by atoms with van der Waals surface area (Å²) in [5.41, 5.74) is 1.27. The summed E-state index contributed by atoms with van der Waals surface area (Å²) in [6.45, 7) is 1.66. The van der Waals surface area contributed by atoms with Gasteiger partial charge in [0.05, 0.1) is 11.4 Å². The number of hydrogen-bond acceptors (Lipinski definition) is 3. The van der Waals surface area contributed by atoms with Crippen LogP contribution in [0.3, 0.4) is 0 Å². The van der Waals surface area contributed by atoms with E-state index < -0.39 is 0 Å². The van der Waals surface area contributed by atoms with Gasteiger partial charge in [0.1, 0.15) is 5.75 Å². The SMILES string of the molecule is CN=C(NCCc1ccc(OC)cc1)NCCc1ccc(Cl)s1. The fraction of sp³-hybridized carbons (Fsp3) is 0.353. The van der Waals surface area contributed by atoms with E-state index >= 15 is 0 Å². The van der Waals surface area contributed by atoms with E-state index in [1.807, 2.05) is 18.2 Å². The molecule has 124 valence electrons. The van der Waals surface area contributed by atoms with Crippen molar-refractivity contribution >= 4 is 28.9 Å². The van der Waals surface area contributed by atoms with Crippen molar-refractivity contribution in [2.24, 2.45) is 4.99 Å². The van der Waals surface area contributed by atoms with Crippen LogP contribution in [0.5, 0.6) is 5.75 Å². The Morgan fingerprint density at radius 2 is 1.78 bits per heavy atom. The van der Waals surface area contributed by atoms with E-state index in [-0.39, 0.29) is 0 Å². The molecular weight excluding hydrogens is 330 g/mol. The minimum absolute atomic E-state index is 0.821. The summed E-state index contributed by atoms with van der Waals surface area (Å²) in [7, 11) is 3.46. The van der Waals surface area contributed by atoms with Crippen molar-refractivity contribution < 1.29 is 4.74 Å². The van der Waals surface area contributed by atoms with Gasteiger partial charge in [0, 0.05) is 25.0 Å². The van der Waals surface area contributed by atoms with Gasteiger partial charge >= 0.3 is 0 Å². The molecule has 0 saturated carbocycles. The highest BCUT2D eigenvalue weighted by molar-refractivity contribution is 7.16. The number of nitrogens with zero attached hydrogens (tertiary/aromatic N) is 1. The number of halogens is 1. The van der Waals surface area contributed by atoms with Gasteiger partial charge in [-0.1, -0.05) is 23.7 Å². The molecule has 1 aromatic carbocycles. The summed E-state index contributed by atoms with van der Waals surface area (Å²) in [5, 5.41) is 6.64. The van der Waals surface area contributed by atoms with Crippen LogP contribution >= 0.6 is 22.9 Å². The number of thiophene rings is 1. The Kier molecular flexibility index (Phi) is 7.23. The number of benzene rings is 1. The molecule has 23 heavy (non-hydrogen) atoms. The molecule has 0 saturated heterocycles. The standard InChI is InChI=1S/C17H22ClN3OS/c1-19-17(21-12-10-15-7-8-16(18)23-15)20-11-9-13-3-5-14(22-2)6-4-13/h3-8H,9-12H2,1-2H3,(H2,19,20,21). The largest absolute Gasteiger partial charge is 0.497 e. The molecule has 2 aromatic rings. The van der Waals surface area contributed by atoms with Crippen LogP contribution in [0, 0.1) is 0 Å². The third-order valence-electron chi connectivity index (χ3n) is 3.38. The van der Waals surface area contributed by atoms with Gasteiger partial charge < -0.3 is 15.4 Å². The molecule has 6 heteroatoms. The van der Waals surface area contributed by atoms with Crippen LogP contribution in [0.15, 0.2) is 41.4 Å². The normalized spacial score (nSPS) is 11.3. The number of aliphatic imine (C=N–C) groups is 1. The number of nitrogens with one attached hydrogen (secondary N) is 2. The number of rotatable bonds is 7. The van der Waals surface area contributed by atoms with Crippen molar-refractivity contribution in [1.29, 1.82) is 0 Å². The van der Waals surface area contributed by atoms with Gasteiger partial charge in [-0.05, 0) is 42.7 Å². The first kappa shape index (κ1) is 17.6. The lowest BCUT2D eigenvalue weighted by Gasteiger charge is -2.11.